The predicted octanol–water partition coefficient (Wildman–Crippen LogP) is 2.65. The van der Waals surface area contributed by atoms with E-state index in [0.29, 0.717) is 6.29 Å². The van der Waals surface area contributed by atoms with Crippen molar-refractivity contribution in [1.82, 2.24) is 0 Å². The van der Waals surface area contributed by atoms with Gasteiger partial charge in [-0.05, 0) is 22.4 Å². The molecule has 0 saturated carbocycles. The summed E-state index contributed by atoms with van der Waals surface area (Å²) in [7, 11) is 0. The van der Waals surface area contributed by atoms with Gasteiger partial charge < -0.3 is 4.79 Å². The summed E-state index contributed by atoms with van der Waals surface area (Å²) < 4.78 is 0. The van der Waals surface area contributed by atoms with E-state index in [1.54, 1.807) is 0 Å². The number of nitrogens with zero attached hydrogens (tertiary/aromatic N) is 1. The van der Waals surface area contributed by atoms with Gasteiger partial charge in [-0.3, -0.25) is 0 Å². The Bertz CT molecular complexity index is 539. The molecule has 0 N–H and O–H groups in total. The van der Waals surface area contributed by atoms with E-state index in [9.17, 15) is 4.79 Å². The molecule has 1 atom stereocenters. The van der Waals surface area contributed by atoms with Crippen molar-refractivity contribution in [3.8, 4) is 6.07 Å². The van der Waals surface area contributed by atoms with Gasteiger partial charge in [0, 0.05) is 0 Å². The van der Waals surface area contributed by atoms with Crippen LogP contribution in [0, 0.1) is 11.3 Å². The smallest absolute Gasteiger partial charge is 0.141 e. The molecule has 0 saturated heterocycles. The van der Waals surface area contributed by atoms with Gasteiger partial charge in [0.15, 0.2) is 0 Å². The minimum absolute atomic E-state index is 0.658. The van der Waals surface area contributed by atoms with Crippen LogP contribution in [-0.4, -0.2) is 6.29 Å². The van der Waals surface area contributed by atoms with Crippen molar-refractivity contribution in [3.63, 3.8) is 0 Å². The lowest BCUT2D eigenvalue weighted by atomic mass is 9.99. The Morgan fingerprint density at radius 1 is 1.13 bits per heavy atom. The van der Waals surface area contributed by atoms with Gasteiger partial charge in [-0.15, -0.1) is 0 Å². The SMILES string of the molecule is N#C[C@@H](C=O)c1ccc2ccccc2c1. The zero-order valence-corrected chi connectivity index (χ0v) is 8.05. The molecule has 0 fully saturated rings. The number of benzene rings is 2. The summed E-state index contributed by atoms with van der Waals surface area (Å²) in [5.74, 6) is -0.658. The van der Waals surface area contributed by atoms with Crippen molar-refractivity contribution in [2.24, 2.45) is 0 Å². The summed E-state index contributed by atoms with van der Waals surface area (Å²) in [6, 6.07) is 15.5. The van der Waals surface area contributed by atoms with E-state index < -0.39 is 5.92 Å². The number of aldehydes is 1. The molecule has 2 rings (SSSR count). The quantitative estimate of drug-likeness (QED) is 0.691. The summed E-state index contributed by atoms with van der Waals surface area (Å²) in [5, 5.41) is 10.9. The van der Waals surface area contributed by atoms with Crippen LogP contribution in [0.3, 0.4) is 0 Å². The topological polar surface area (TPSA) is 40.9 Å². The molecular weight excluding hydrogens is 186 g/mol. The molecule has 2 nitrogen and oxygen atoms in total. The van der Waals surface area contributed by atoms with Gasteiger partial charge in [0.1, 0.15) is 12.2 Å². The zero-order chi connectivity index (χ0) is 10.7. The van der Waals surface area contributed by atoms with Gasteiger partial charge in [-0.25, -0.2) is 0 Å². The number of fused-ring (bicyclic) bond motifs is 1. The molecule has 0 aliphatic heterocycles. The molecule has 15 heavy (non-hydrogen) atoms. The highest BCUT2D eigenvalue weighted by atomic mass is 16.1. The van der Waals surface area contributed by atoms with E-state index in [-0.39, 0.29) is 0 Å². The minimum atomic E-state index is -0.658. The van der Waals surface area contributed by atoms with Gasteiger partial charge in [0.25, 0.3) is 0 Å². The highest BCUT2D eigenvalue weighted by Crippen LogP contribution is 2.20. The number of hydrogen-bond donors (Lipinski definition) is 0. The van der Waals surface area contributed by atoms with E-state index in [2.05, 4.69) is 0 Å². The maximum absolute atomic E-state index is 10.7. The Morgan fingerprint density at radius 3 is 2.53 bits per heavy atom. The summed E-state index contributed by atoms with van der Waals surface area (Å²) in [6.07, 6.45) is 0.671. The van der Waals surface area contributed by atoms with Crippen molar-refractivity contribution in [2.45, 2.75) is 5.92 Å². The molecule has 0 bridgehead atoms. The fraction of sp³-hybridized carbons (Fsp3) is 0.0769. The highest BCUT2D eigenvalue weighted by molar-refractivity contribution is 5.84. The Labute approximate surface area is 87.8 Å². The monoisotopic (exact) mass is 195 g/mol. The zero-order valence-electron chi connectivity index (χ0n) is 8.05. The second kappa shape index (κ2) is 3.93. The van der Waals surface area contributed by atoms with Gasteiger partial charge in [0.2, 0.25) is 0 Å². The molecule has 72 valence electrons. The molecular formula is C13H9NO. The summed E-state index contributed by atoms with van der Waals surface area (Å²) in [5.41, 5.74) is 0.756. The lowest BCUT2D eigenvalue weighted by molar-refractivity contribution is -0.108. The number of carbonyl (C=O) groups is 1. The van der Waals surface area contributed by atoms with Crippen LogP contribution >= 0.6 is 0 Å². The molecule has 0 heterocycles. The second-order valence-corrected chi connectivity index (χ2v) is 3.35. The Balaban J connectivity index is 2.56. The number of carbonyl (C=O) groups excluding carboxylic acids is 1. The molecule has 0 spiro atoms. The average Bonchev–Trinajstić information content (AvgIpc) is 2.30. The first-order chi connectivity index (χ1) is 7.35. The van der Waals surface area contributed by atoms with Gasteiger partial charge in [-0.2, -0.15) is 5.26 Å². The van der Waals surface area contributed by atoms with E-state index in [1.807, 2.05) is 48.5 Å². The summed E-state index contributed by atoms with van der Waals surface area (Å²) in [6.45, 7) is 0. The maximum Gasteiger partial charge on any atom is 0.141 e. The molecule has 0 unspecified atom stereocenters. The van der Waals surface area contributed by atoms with Crippen molar-refractivity contribution in [1.29, 1.82) is 5.26 Å². The number of nitriles is 1. The standard InChI is InChI=1S/C13H9NO/c14-8-13(9-15)12-6-5-10-3-1-2-4-11(10)7-12/h1-7,9,13H/t13-/m0/s1. The minimum Gasteiger partial charge on any atom is -0.302 e. The van der Waals surface area contributed by atoms with E-state index in [0.717, 1.165) is 16.3 Å². The molecule has 0 amide bonds. The molecule has 2 aromatic rings. The first kappa shape index (κ1) is 9.42. The third-order valence-corrected chi connectivity index (χ3v) is 2.41. The van der Waals surface area contributed by atoms with Gasteiger partial charge in [-0.1, -0.05) is 36.4 Å². The maximum atomic E-state index is 10.7. The van der Waals surface area contributed by atoms with Crippen LogP contribution in [0.1, 0.15) is 11.5 Å². The fourth-order valence-corrected chi connectivity index (χ4v) is 1.58. The number of rotatable bonds is 2. The lowest BCUT2D eigenvalue weighted by Gasteiger charge is -2.03. The van der Waals surface area contributed by atoms with Gasteiger partial charge >= 0.3 is 0 Å². The van der Waals surface area contributed by atoms with Crippen molar-refractivity contribution in [2.75, 3.05) is 0 Å². The van der Waals surface area contributed by atoms with Crippen molar-refractivity contribution >= 4 is 17.1 Å². The lowest BCUT2D eigenvalue weighted by Crippen LogP contribution is -1.96. The highest BCUT2D eigenvalue weighted by Gasteiger charge is 2.08. The average molecular weight is 195 g/mol. The van der Waals surface area contributed by atoms with Crippen LogP contribution < -0.4 is 0 Å². The number of hydrogen-bond acceptors (Lipinski definition) is 2. The molecule has 0 aliphatic rings. The molecule has 2 aromatic carbocycles. The molecule has 2 heteroatoms. The van der Waals surface area contributed by atoms with E-state index >= 15 is 0 Å². The first-order valence-electron chi connectivity index (χ1n) is 4.69. The van der Waals surface area contributed by atoms with E-state index in [4.69, 9.17) is 5.26 Å². The van der Waals surface area contributed by atoms with Crippen LogP contribution in [0.4, 0.5) is 0 Å². The van der Waals surface area contributed by atoms with Crippen molar-refractivity contribution in [3.05, 3.63) is 48.0 Å². The molecule has 0 aliphatic carbocycles. The normalized spacial score (nSPS) is 11.9. The van der Waals surface area contributed by atoms with Crippen molar-refractivity contribution < 1.29 is 4.79 Å². The Kier molecular flexibility index (Phi) is 2.47. The van der Waals surface area contributed by atoms with Crippen LogP contribution in [0.5, 0.6) is 0 Å². The van der Waals surface area contributed by atoms with Crippen LogP contribution in [0.2, 0.25) is 0 Å². The van der Waals surface area contributed by atoms with Crippen LogP contribution in [0.15, 0.2) is 42.5 Å². The van der Waals surface area contributed by atoms with Crippen LogP contribution in [0.25, 0.3) is 10.8 Å². The van der Waals surface area contributed by atoms with Crippen LogP contribution in [-0.2, 0) is 4.79 Å². The second-order valence-electron chi connectivity index (χ2n) is 3.35. The summed E-state index contributed by atoms with van der Waals surface area (Å²) in [4.78, 5) is 10.7. The first-order valence-corrected chi connectivity index (χ1v) is 4.69. The Morgan fingerprint density at radius 2 is 1.87 bits per heavy atom. The third-order valence-electron chi connectivity index (χ3n) is 2.41. The predicted molar refractivity (Wildman–Crippen MR) is 58.4 cm³/mol. The molecule has 0 radical (unpaired) electrons. The van der Waals surface area contributed by atoms with E-state index in [1.165, 1.54) is 0 Å². The third kappa shape index (κ3) is 1.72. The van der Waals surface area contributed by atoms with Gasteiger partial charge in [0.05, 0.1) is 6.07 Å². The largest absolute Gasteiger partial charge is 0.302 e. The summed E-state index contributed by atoms with van der Waals surface area (Å²) >= 11 is 0. The fourth-order valence-electron chi connectivity index (χ4n) is 1.58. The Hall–Kier alpha value is -2.14. The molecule has 0 aromatic heterocycles.